The summed E-state index contributed by atoms with van der Waals surface area (Å²) in [6.07, 6.45) is 0.373. The molecule has 0 aliphatic carbocycles. The van der Waals surface area contributed by atoms with Crippen molar-refractivity contribution >= 4 is 59.1 Å². The molecule has 2 aliphatic rings. The monoisotopic (exact) mass is 495 g/mol. The van der Waals surface area contributed by atoms with Gasteiger partial charge in [-0.15, -0.1) is 28.2 Å². The van der Waals surface area contributed by atoms with Crippen LogP contribution in [-0.4, -0.2) is 76.9 Å². The minimum absolute atomic E-state index is 0.0415. The van der Waals surface area contributed by atoms with Crippen LogP contribution in [0.4, 0.5) is 0 Å². The van der Waals surface area contributed by atoms with Crippen molar-refractivity contribution in [3.63, 3.8) is 0 Å². The zero-order valence-corrected chi connectivity index (χ0v) is 19.0. The number of hydrogen-bond acceptors (Lipinski definition) is 10. The first-order valence-corrected chi connectivity index (χ1v) is 12.1. The van der Waals surface area contributed by atoms with Gasteiger partial charge in [-0.1, -0.05) is 17.8 Å². The molecule has 2 aromatic heterocycles. The second-order valence-electron chi connectivity index (χ2n) is 6.84. The van der Waals surface area contributed by atoms with Crippen LogP contribution in [0.1, 0.15) is 4.88 Å². The van der Waals surface area contributed by atoms with E-state index in [0.29, 0.717) is 17.1 Å². The van der Waals surface area contributed by atoms with Crippen LogP contribution in [0.25, 0.3) is 0 Å². The number of carboxylic acids is 1. The average molecular weight is 496 g/mol. The second-order valence-corrected chi connectivity index (χ2v) is 9.89. The molecular formula is C17H17N7O5S3. The molecule has 1 saturated heterocycles. The molecule has 32 heavy (non-hydrogen) atoms. The van der Waals surface area contributed by atoms with Crippen LogP contribution in [0.2, 0.25) is 0 Å². The van der Waals surface area contributed by atoms with E-state index in [0.717, 1.165) is 9.78 Å². The third kappa shape index (κ3) is 3.86. The van der Waals surface area contributed by atoms with E-state index in [1.54, 1.807) is 19.2 Å². The zero-order chi connectivity index (χ0) is 22.9. The number of thioether (sulfide) groups is 2. The lowest BCUT2D eigenvalue weighted by atomic mass is 9.95. The third-order valence-corrected chi connectivity index (χ3v) is 8.22. The number of hydrogen-bond donors (Lipinski definition) is 3. The van der Waals surface area contributed by atoms with E-state index < -0.39 is 28.8 Å². The van der Waals surface area contributed by atoms with Gasteiger partial charge in [-0.3, -0.25) is 19.3 Å². The van der Waals surface area contributed by atoms with Crippen LogP contribution in [-0.2, 0) is 32.6 Å². The first-order valence-electron chi connectivity index (χ1n) is 9.18. The lowest BCUT2D eigenvalue weighted by Gasteiger charge is -2.56. The molecule has 4 rings (SSSR count). The topological polar surface area (TPSA) is 159 Å². The van der Waals surface area contributed by atoms with Crippen LogP contribution in [0, 0.1) is 0 Å². The smallest absolute Gasteiger partial charge is 0.352 e. The lowest BCUT2D eigenvalue weighted by molar-refractivity contribution is -0.162. The fraction of sp³-hybridized carbons (Fsp3) is 0.353. The molecule has 0 unspecified atom stereocenters. The van der Waals surface area contributed by atoms with Gasteiger partial charge in [0.2, 0.25) is 23.1 Å². The van der Waals surface area contributed by atoms with Gasteiger partial charge in [0.15, 0.2) is 0 Å². The van der Waals surface area contributed by atoms with Gasteiger partial charge in [0, 0.05) is 23.4 Å². The lowest BCUT2D eigenvalue weighted by Crippen LogP contribution is -2.85. The molecule has 15 heteroatoms. The SMILES string of the molecule is Cn1nnnc1SCC1=C(C(=O)O)N2C(=O)[C@@](NC=O)(NC(=O)Cc3cccs3)[C@H]2SC1. The minimum Gasteiger partial charge on any atom is -0.477 e. The third-order valence-electron chi connectivity index (χ3n) is 4.85. The Morgan fingerprint density at radius 2 is 2.28 bits per heavy atom. The number of fused-ring (bicyclic) bond motifs is 1. The Morgan fingerprint density at radius 3 is 2.91 bits per heavy atom. The van der Waals surface area contributed by atoms with Crippen molar-refractivity contribution in [1.29, 1.82) is 0 Å². The summed E-state index contributed by atoms with van der Waals surface area (Å²) < 4.78 is 1.46. The van der Waals surface area contributed by atoms with E-state index in [9.17, 15) is 24.3 Å². The summed E-state index contributed by atoms with van der Waals surface area (Å²) in [7, 11) is 1.66. The fourth-order valence-corrected chi connectivity index (χ4v) is 6.56. The van der Waals surface area contributed by atoms with E-state index >= 15 is 0 Å². The van der Waals surface area contributed by atoms with Gasteiger partial charge in [-0.2, -0.15) is 0 Å². The average Bonchev–Trinajstić information content (AvgIpc) is 3.42. The summed E-state index contributed by atoms with van der Waals surface area (Å²) >= 11 is 3.90. The molecule has 1 fully saturated rings. The summed E-state index contributed by atoms with van der Waals surface area (Å²) in [5.74, 6) is -1.87. The maximum Gasteiger partial charge on any atom is 0.352 e. The van der Waals surface area contributed by atoms with Gasteiger partial charge in [0.25, 0.3) is 5.91 Å². The molecular weight excluding hydrogens is 478 g/mol. The highest BCUT2D eigenvalue weighted by molar-refractivity contribution is 8.01. The van der Waals surface area contributed by atoms with Crippen molar-refractivity contribution in [2.24, 2.45) is 7.05 Å². The molecule has 0 radical (unpaired) electrons. The molecule has 2 atom stereocenters. The Labute approximate surface area is 193 Å². The number of carboxylic acid groups (broad SMARTS) is 1. The van der Waals surface area contributed by atoms with Crippen molar-refractivity contribution in [3.8, 4) is 0 Å². The molecule has 4 heterocycles. The molecule has 0 bridgehead atoms. The van der Waals surface area contributed by atoms with Crippen LogP contribution in [0.15, 0.2) is 33.9 Å². The number of thiophene rings is 1. The minimum atomic E-state index is -1.70. The molecule has 2 aromatic rings. The molecule has 0 spiro atoms. The van der Waals surface area contributed by atoms with Crippen LogP contribution < -0.4 is 10.6 Å². The summed E-state index contributed by atoms with van der Waals surface area (Å²) in [6, 6.07) is 3.59. The number of carbonyl (C=O) groups is 4. The maximum atomic E-state index is 13.1. The molecule has 2 aliphatic heterocycles. The van der Waals surface area contributed by atoms with E-state index in [1.807, 2.05) is 5.38 Å². The number of nitrogens with one attached hydrogen (secondary N) is 2. The molecule has 0 saturated carbocycles. The number of tetrazole rings is 1. The van der Waals surface area contributed by atoms with Crippen LogP contribution in [0.5, 0.6) is 0 Å². The largest absolute Gasteiger partial charge is 0.477 e. The number of aromatic nitrogens is 4. The quantitative estimate of drug-likeness (QED) is 0.178. The maximum absolute atomic E-state index is 13.1. The van der Waals surface area contributed by atoms with Gasteiger partial charge in [0.1, 0.15) is 11.1 Å². The van der Waals surface area contributed by atoms with Crippen molar-refractivity contribution in [2.75, 3.05) is 11.5 Å². The zero-order valence-electron chi connectivity index (χ0n) is 16.5. The standard InChI is InChI=1S/C17H17N7O5S3/c1-23-16(20-21-22-23)32-7-9-6-31-15-17(18-8-25,14(29)24(15)12(9)13(27)28)19-11(26)5-10-3-2-4-30-10/h2-4,8,15H,5-7H2,1H3,(H,18,25)(H,19,26)(H,27,28)/t15-,17-/m1/s1. The highest BCUT2D eigenvalue weighted by Gasteiger charge is 2.65. The number of carbonyl (C=O) groups excluding carboxylic acids is 3. The normalized spacial score (nSPS) is 22.2. The second kappa shape index (κ2) is 8.91. The predicted molar refractivity (Wildman–Crippen MR) is 115 cm³/mol. The fourth-order valence-electron chi connectivity index (χ4n) is 3.44. The summed E-state index contributed by atoms with van der Waals surface area (Å²) in [6.45, 7) is 0. The number of aryl methyl sites for hydroxylation is 1. The van der Waals surface area contributed by atoms with Gasteiger partial charge in [0.05, 0.1) is 6.42 Å². The summed E-state index contributed by atoms with van der Waals surface area (Å²) in [4.78, 5) is 50.9. The number of aliphatic carboxylic acids is 1. The Hall–Kier alpha value is -2.91. The number of β-lactam (4-membered cyclic amide) rings is 1. The Morgan fingerprint density at radius 1 is 1.47 bits per heavy atom. The number of rotatable bonds is 9. The number of amides is 3. The first-order chi connectivity index (χ1) is 15.4. The van der Waals surface area contributed by atoms with Crippen molar-refractivity contribution in [3.05, 3.63) is 33.7 Å². The van der Waals surface area contributed by atoms with Gasteiger partial charge in [-0.05, 0) is 27.4 Å². The van der Waals surface area contributed by atoms with Crippen LogP contribution in [0.3, 0.4) is 0 Å². The van der Waals surface area contributed by atoms with Crippen LogP contribution >= 0.6 is 34.9 Å². The molecule has 168 valence electrons. The summed E-state index contributed by atoms with van der Waals surface area (Å²) in [5.41, 5.74) is -1.34. The Bertz CT molecular complexity index is 1100. The van der Waals surface area contributed by atoms with Gasteiger partial charge >= 0.3 is 5.97 Å². The highest BCUT2D eigenvalue weighted by atomic mass is 32.2. The van der Waals surface area contributed by atoms with E-state index in [1.165, 1.54) is 39.5 Å². The van der Waals surface area contributed by atoms with Crippen molar-refractivity contribution < 1.29 is 24.3 Å². The Kier molecular flexibility index (Phi) is 6.21. The first kappa shape index (κ1) is 22.3. The van der Waals surface area contributed by atoms with Crippen molar-refractivity contribution in [1.82, 2.24) is 35.7 Å². The van der Waals surface area contributed by atoms with Gasteiger partial charge < -0.3 is 15.7 Å². The Balaban J connectivity index is 1.56. The van der Waals surface area contributed by atoms with E-state index in [-0.39, 0.29) is 23.6 Å². The molecule has 0 aromatic carbocycles. The van der Waals surface area contributed by atoms with E-state index in [2.05, 4.69) is 26.2 Å². The molecule has 3 amide bonds. The molecule has 12 nitrogen and oxygen atoms in total. The predicted octanol–water partition coefficient (Wildman–Crippen LogP) is -0.581. The molecule has 3 N–H and O–H groups in total. The number of nitrogens with zero attached hydrogens (tertiary/aromatic N) is 5. The highest BCUT2D eigenvalue weighted by Crippen LogP contribution is 2.45. The van der Waals surface area contributed by atoms with Crippen molar-refractivity contribution in [2.45, 2.75) is 22.6 Å². The summed E-state index contributed by atoms with van der Waals surface area (Å²) in [5, 5.41) is 27.5. The van der Waals surface area contributed by atoms with Gasteiger partial charge in [-0.25, -0.2) is 9.48 Å². The van der Waals surface area contributed by atoms with E-state index in [4.69, 9.17) is 0 Å².